The molecular weight excluding hydrogens is 701 g/mol. The lowest BCUT2D eigenvalue weighted by molar-refractivity contribution is 1.02. The summed E-state index contributed by atoms with van der Waals surface area (Å²) >= 11 is 0. The van der Waals surface area contributed by atoms with Gasteiger partial charge in [0, 0.05) is 36.0 Å². The number of hydrogen-bond acceptors (Lipinski definition) is 2. The topological polar surface area (TPSA) is 6.48 Å². The van der Waals surface area contributed by atoms with E-state index in [9.17, 15) is 0 Å². The standard InChI is InChI=1S/C56H52N2/c1-4-16-45(47-18-9-6-10-19-47)22-15-43-58(55-23-13-8-14-24-55)56-37-26-44(27-38-56)25-28-46(17-5-2)49-29-31-50(32-30-49)52-35-41-54(42-36-52)57(3)53-39-33-51(34-40-53)48-20-11-7-12-21-48/h4-5,7-9,11-24,26-43H,6,10,25H2,1-3H3/b16-4-,17-5-,43-15+,45-22+,46-28+. The van der Waals surface area contributed by atoms with Crippen molar-refractivity contribution in [3.8, 4) is 22.3 Å². The van der Waals surface area contributed by atoms with Gasteiger partial charge in [-0.2, -0.15) is 0 Å². The molecule has 286 valence electrons. The zero-order valence-corrected chi connectivity index (χ0v) is 33.9. The van der Waals surface area contributed by atoms with Gasteiger partial charge in [-0.3, -0.25) is 0 Å². The second-order valence-electron chi connectivity index (χ2n) is 14.4. The molecule has 7 rings (SSSR count). The molecule has 0 fully saturated rings. The molecule has 0 spiro atoms. The first-order valence-corrected chi connectivity index (χ1v) is 20.3. The molecule has 0 saturated heterocycles. The van der Waals surface area contributed by atoms with Gasteiger partial charge in [0.15, 0.2) is 0 Å². The summed E-state index contributed by atoms with van der Waals surface area (Å²) in [7, 11) is 2.12. The molecule has 0 saturated carbocycles. The summed E-state index contributed by atoms with van der Waals surface area (Å²) in [5.74, 6) is 0. The highest BCUT2D eigenvalue weighted by Gasteiger charge is 2.09. The third kappa shape index (κ3) is 10.1. The number of anilines is 4. The highest BCUT2D eigenvalue weighted by atomic mass is 15.1. The van der Waals surface area contributed by atoms with Crippen molar-refractivity contribution in [2.45, 2.75) is 33.1 Å². The van der Waals surface area contributed by atoms with Crippen LogP contribution in [0.15, 0.2) is 236 Å². The Kier molecular flexibility index (Phi) is 13.4. The van der Waals surface area contributed by atoms with E-state index in [1.807, 2.05) is 0 Å². The number of para-hydroxylation sites is 1. The number of rotatable bonds is 14. The predicted molar refractivity (Wildman–Crippen MR) is 252 cm³/mol. The van der Waals surface area contributed by atoms with Crippen LogP contribution in [0, 0.1) is 0 Å². The van der Waals surface area contributed by atoms with Crippen LogP contribution in [0.3, 0.4) is 0 Å². The summed E-state index contributed by atoms with van der Waals surface area (Å²) in [5, 5.41) is 0. The Balaban J connectivity index is 1.02. The van der Waals surface area contributed by atoms with E-state index in [1.54, 1.807) is 0 Å². The summed E-state index contributed by atoms with van der Waals surface area (Å²) in [6, 6.07) is 56.5. The molecule has 0 radical (unpaired) electrons. The molecular formula is C56H52N2. The average Bonchev–Trinajstić information content (AvgIpc) is 3.30. The van der Waals surface area contributed by atoms with Gasteiger partial charge in [-0.05, 0) is 138 Å². The second-order valence-corrected chi connectivity index (χ2v) is 14.4. The van der Waals surface area contributed by atoms with Gasteiger partial charge in [0.25, 0.3) is 0 Å². The van der Waals surface area contributed by atoms with Gasteiger partial charge in [0.1, 0.15) is 0 Å². The second kappa shape index (κ2) is 19.8. The minimum absolute atomic E-state index is 0.838. The monoisotopic (exact) mass is 752 g/mol. The van der Waals surface area contributed by atoms with Crippen LogP contribution >= 0.6 is 0 Å². The molecule has 0 bridgehead atoms. The third-order valence-corrected chi connectivity index (χ3v) is 10.5. The van der Waals surface area contributed by atoms with Crippen molar-refractivity contribution in [2.75, 3.05) is 16.8 Å². The number of allylic oxidation sites excluding steroid dienone is 13. The lowest BCUT2D eigenvalue weighted by atomic mass is 9.98. The van der Waals surface area contributed by atoms with Gasteiger partial charge in [0.2, 0.25) is 0 Å². The maximum absolute atomic E-state index is 2.33. The molecule has 0 heterocycles. The molecule has 1 aliphatic carbocycles. The quantitative estimate of drug-likeness (QED) is 0.102. The van der Waals surface area contributed by atoms with Crippen molar-refractivity contribution in [3.05, 3.63) is 247 Å². The van der Waals surface area contributed by atoms with E-state index in [-0.39, 0.29) is 0 Å². The summed E-state index contributed by atoms with van der Waals surface area (Å²) in [6.07, 6.45) is 27.3. The van der Waals surface area contributed by atoms with E-state index in [0.29, 0.717) is 0 Å². The zero-order chi connectivity index (χ0) is 39.9. The summed E-state index contributed by atoms with van der Waals surface area (Å²) in [5.41, 5.74) is 15.6. The van der Waals surface area contributed by atoms with Crippen LogP contribution < -0.4 is 9.80 Å². The molecule has 6 aromatic rings. The van der Waals surface area contributed by atoms with Crippen LogP contribution in [-0.2, 0) is 6.42 Å². The molecule has 0 atom stereocenters. The smallest absolute Gasteiger partial charge is 0.0455 e. The van der Waals surface area contributed by atoms with Crippen LogP contribution in [0.1, 0.15) is 37.8 Å². The van der Waals surface area contributed by atoms with E-state index in [1.165, 1.54) is 50.1 Å². The lowest BCUT2D eigenvalue weighted by Crippen LogP contribution is -2.08. The first kappa shape index (κ1) is 39.3. The third-order valence-electron chi connectivity index (χ3n) is 10.5. The number of nitrogens with zero attached hydrogens (tertiary/aromatic N) is 2. The largest absolute Gasteiger partial charge is 0.345 e. The first-order valence-electron chi connectivity index (χ1n) is 20.3. The van der Waals surface area contributed by atoms with Crippen molar-refractivity contribution in [2.24, 2.45) is 0 Å². The molecule has 6 aromatic carbocycles. The van der Waals surface area contributed by atoms with E-state index < -0.39 is 0 Å². The van der Waals surface area contributed by atoms with E-state index in [4.69, 9.17) is 0 Å². The summed E-state index contributed by atoms with van der Waals surface area (Å²) in [6.45, 7) is 4.15. The van der Waals surface area contributed by atoms with E-state index in [0.717, 1.165) is 42.0 Å². The summed E-state index contributed by atoms with van der Waals surface area (Å²) in [4.78, 5) is 4.48. The Bertz CT molecular complexity index is 2440. The first-order chi connectivity index (χ1) is 28.6. The molecule has 1 aliphatic rings. The van der Waals surface area contributed by atoms with Gasteiger partial charge in [-0.1, -0.05) is 164 Å². The van der Waals surface area contributed by atoms with Crippen molar-refractivity contribution >= 4 is 28.3 Å². The number of hydrogen-bond donors (Lipinski definition) is 0. The highest BCUT2D eigenvalue weighted by Crippen LogP contribution is 2.31. The molecule has 2 nitrogen and oxygen atoms in total. The molecule has 0 N–H and O–H groups in total. The fourth-order valence-electron chi connectivity index (χ4n) is 7.27. The van der Waals surface area contributed by atoms with Gasteiger partial charge in [-0.15, -0.1) is 0 Å². The Morgan fingerprint density at radius 2 is 1.05 bits per heavy atom. The van der Waals surface area contributed by atoms with Crippen LogP contribution in [-0.4, -0.2) is 7.05 Å². The Morgan fingerprint density at radius 3 is 1.62 bits per heavy atom. The Hall–Kier alpha value is -6.90. The molecule has 0 aliphatic heterocycles. The summed E-state index contributed by atoms with van der Waals surface area (Å²) < 4.78 is 0. The maximum atomic E-state index is 2.33. The van der Waals surface area contributed by atoms with Crippen molar-refractivity contribution in [1.82, 2.24) is 0 Å². The predicted octanol–water partition coefficient (Wildman–Crippen LogP) is 15.4. The minimum atomic E-state index is 0.838. The normalized spacial score (nSPS) is 13.4. The Morgan fingerprint density at radius 1 is 0.534 bits per heavy atom. The lowest BCUT2D eigenvalue weighted by Gasteiger charge is -2.21. The molecule has 0 aromatic heterocycles. The Labute approximate surface area is 346 Å². The average molecular weight is 753 g/mol. The van der Waals surface area contributed by atoms with Crippen molar-refractivity contribution in [3.63, 3.8) is 0 Å². The minimum Gasteiger partial charge on any atom is -0.345 e. The van der Waals surface area contributed by atoms with Gasteiger partial charge in [0.05, 0.1) is 0 Å². The molecule has 0 amide bonds. The van der Waals surface area contributed by atoms with Crippen LogP contribution in [0.5, 0.6) is 0 Å². The van der Waals surface area contributed by atoms with Gasteiger partial charge >= 0.3 is 0 Å². The fraction of sp³-hybridized carbons (Fsp3) is 0.107. The SMILES string of the molecule is C\C=C/C(=C\C=C\N(c1ccccc1)c1ccc(C/C=C(\C=C/C)c2ccc(-c3ccc(N(C)c4ccc(-c5ccccc5)cc4)cc3)cc2)cc1)C1=CCCC=C1. The van der Waals surface area contributed by atoms with Crippen molar-refractivity contribution < 1.29 is 0 Å². The van der Waals surface area contributed by atoms with Crippen LogP contribution in [0.2, 0.25) is 0 Å². The zero-order valence-electron chi connectivity index (χ0n) is 33.9. The molecule has 58 heavy (non-hydrogen) atoms. The fourth-order valence-corrected chi connectivity index (χ4v) is 7.27. The maximum Gasteiger partial charge on any atom is 0.0455 e. The van der Waals surface area contributed by atoms with Crippen molar-refractivity contribution in [1.29, 1.82) is 0 Å². The molecule has 2 heteroatoms. The van der Waals surface area contributed by atoms with Gasteiger partial charge < -0.3 is 9.80 Å². The number of benzene rings is 6. The highest BCUT2D eigenvalue weighted by molar-refractivity contribution is 5.77. The van der Waals surface area contributed by atoms with Crippen LogP contribution in [0.25, 0.3) is 27.8 Å². The molecule has 0 unspecified atom stereocenters. The van der Waals surface area contributed by atoms with Gasteiger partial charge in [-0.25, -0.2) is 0 Å². The van der Waals surface area contributed by atoms with E-state index >= 15 is 0 Å². The van der Waals surface area contributed by atoms with E-state index in [2.05, 4.69) is 255 Å². The van der Waals surface area contributed by atoms with Crippen LogP contribution in [0.4, 0.5) is 22.7 Å².